The number of nitrogens with two attached hydrogens (primary N) is 1. The molecule has 3 nitrogen and oxygen atoms in total. The van der Waals surface area contributed by atoms with Gasteiger partial charge in [-0.1, -0.05) is 32.6 Å². The number of hydrogen-bond donors (Lipinski definition) is 1. The molecule has 0 aromatic heterocycles. The van der Waals surface area contributed by atoms with Gasteiger partial charge in [-0.3, -0.25) is 0 Å². The summed E-state index contributed by atoms with van der Waals surface area (Å²) in [7, 11) is -2.85. The molecular weight excluding hydrogens is 198 g/mol. The quantitative estimate of drug-likeness (QED) is 0.755. The molecule has 0 radical (unpaired) electrons. The van der Waals surface area contributed by atoms with Gasteiger partial charge in [0.25, 0.3) is 0 Å². The summed E-state index contributed by atoms with van der Waals surface area (Å²) in [5, 5.41) is 0. The molecule has 1 saturated carbocycles. The summed E-state index contributed by atoms with van der Waals surface area (Å²) in [4.78, 5) is 0. The van der Waals surface area contributed by atoms with E-state index in [-0.39, 0.29) is 11.7 Å². The molecule has 1 unspecified atom stereocenters. The van der Waals surface area contributed by atoms with Gasteiger partial charge in [-0.2, -0.15) is 0 Å². The van der Waals surface area contributed by atoms with E-state index in [0.29, 0.717) is 18.2 Å². The molecule has 1 aliphatic rings. The monoisotopic (exact) mass is 219 g/mol. The zero-order valence-corrected chi connectivity index (χ0v) is 9.72. The molecular formula is C10H21NO2S. The van der Waals surface area contributed by atoms with Crippen LogP contribution >= 0.6 is 0 Å². The Balaban J connectivity index is 2.54. The van der Waals surface area contributed by atoms with Crippen molar-refractivity contribution in [3.8, 4) is 0 Å². The Morgan fingerprint density at radius 3 is 2.36 bits per heavy atom. The summed E-state index contributed by atoms with van der Waals surface area (Å²) in [5.41, 5.74) is 5.65. The minimum atomic E-state index is -2.85. The van der Waals surface area contributed by atoms with Crippen LogP contribution in [0.15, 0.2) is 0 Å². The fraction of sp³-hybridized carbons (Fsp3) is 1.00. The van der Waals surface area contributed by atoms with Gasteiger partial charge in [-0.25, -0.2) is 8.42 Å². The predicted molar refractivity (Wildman–Crippen MR) is 58.8 cm³/mol. The van der Waals surface area contributed by atoms with Crippen LogP contribution in [-0.2, 0) is 9.84 Å². The van der Waals surface area contributed by atoms with Crippen molar-refractivity contribution >= 4 is 9.84 Å². The van der Waals surface area contributed by atoms with Gasteiger partial charge in [0, 0.05) is 5.75 Å². The average molecular weight is 219 g/mol. The van der Waals surface area contributed by atoms with Crippen LogP contribution in [0.5, 0.6) is 0 Å². The lowest BCUT2D eigenvalue weighted by molar-refractivity contribution is 0.375. The Morgan fingerprint density at radius 1 is 1.36 bits per heavy atom. The molecule has 1 fully saturated rings. The lowest BCUT2D eigenvalue weighted by Crippen LogP contribution is -2.29. The van der Waals surface area contributed by atoms with E-state index in [1.54, 1.807) is 6.92 Å². The van der Waals surface area contributed by atoms with Gasteiger partial charge in [0.2, 0.25) is 0 Å². The largest absolute Gasteiger partial charge is 0.330 e. The van der Waals surface area contributed by atoms with E-state index in [1.165, 1.54) is 25.7 Å². The third-order valence-corrected chi connectivity index (χ3v) is 5.09. The molecule has 0 heterocycles. The second-order valence-electron chi connectivity index (χ2n) is 4.24. The average Bonchev–Trinajstić information content (AvgIpc) is 2.67. The summed E-state index contributed by atoms with van der Waals surface area (Å²) in [5.74, 6) is 1.30. The maximum Gasteiger partial charge on any atom is 0.150 e. The van der Waals surface area contributed by atoms with Crippen molar-refractivity contribution in [3.63, 3.8) is 0 Å². The highest BCUT2D eigenvalue weighted by atomic mass is 32.2. The maximum absolute atomic E-state index is 11.5. The molecule has 0 saturated heterocycles. The van der Waals surface area contributed by atoms with Crippen LogP contribution in [-0.4, -0.2) is 26.5 Å². The normalized spacial score (nSPS) is 21.3. The van der Waals surface area contributed by atoms with Gasteiger partial charge in [-0.05, 0) is 18.4 Å². The van der Waals surface area contributed by atoms with Crippen LogP contribution in [0.3, 0.4) is 0 Å². The third kappa shape index (κ3) is 3.24. The first kappa shape index (κ1) is 12.0. The molecule has 0 spiro atoms. The smallest absolute Gasteiger partial charge is 0.150 e. The van der Waals surface area contributed by atoms with E-state index in [1.807, 2.05) is 0 Å². The molecule has 2 N–H and O–H groups in total. The first-order chi connectivity index (χ1) is 6.59. The van der Waals surface area contributed by atoms with Crippen molar-refractivity contribution in [3.05, 3.63) is 0 Å². The van der Waals surface area contributed by atoms with Gasteiger partial charge >= 0.3 is 0 Å². The Morgan fingerprint density at radius 2 is 1.93 bits per heavy atom. The van der Waals surface area contributed by atoms with Crippen molar-refractivity contribution < 1.29 is 8.42 Å². The second kappa shape index (κ2) is 5.12. The highest BCUT2D eigenvalue weighted by Gasteiger charge is 2.27. The molecule has 0 aromatic carbocycles. The zero-order chi connectivity index (χ0) is 10.6. The Labute approximate surface area is 87.0 Å². The van der Waals surface area contributed by atoms with Crippen LogP contribution in [0.25, 0.3) is 0 Å². The fourth-order valence-corrected chi connectivity index (χ4v) is 3.57. The number of sulfone groups is 1. The van der Waals surface area contributed by atoms with Crippen LogP contribution in [0.1, 0.15) is 32.6 Å². The first-order valence-electron chi connectivity index (χ1n) is 5.49. The molecule has 0 aromatic rings. The molecule has 1 atom stereocenters. The topological polar surface area (TPSA) is 60.2 Å². The van der Waals surface area contributed by atoms with Crippen LogP contribution in [0.2, 0.25) is 0 Å². The lowest BCUT2D eigenvalue weighted by Gasteiger charge is -2.21. The maximum atomic E-state index is 11.5. The molecule has 0 aliphatic heterocycles. The van der Waals surface area contributed by atoms with Crippen molar-refractivity contribution in [1.82, 2.24) is 0 Å². The van der Waals surface area contributed by atoms with Gasteiger partial charge < -0.3 is 5.73 Å². The molecule has 4 heteroatoms. The van der Waals surface area contributed by atoms with E-state index >= 15 is 0 Å². The molecule has 0 amide bonds. The van der Waals surface area contributed by atoms with Crippen molar-refractivity contribution in [2.45, 2.75) is 32.6 Å². The predicted octanol–water partition coefficient (Wildman–Crippen LogP) is 1.19. The van der Waals surface area contributed by atoms with Crippen molar-refractivity contribution in [2.75, 3.05) is 18.1 Å². The van der Waals surface area contributed by atoms with Gasteiger partial charge in [0.05, 0.1) is 5.75 Å². The van der Waals surface area contributed by atoms with E-state index < -0.39 is 9.84 Å². The fourth-order valence-electron chi connectivity index (χ4n) is 2.27. The summed E-state index contributed by atoms with van der Waals surface area (Å²) in [6.07, 6.45) is 4.82. The first-order valence-corrected chi connectivity index (χ1v) is 7.31. The molecule has 84 valence electrons. The minimum Gasteiger partial charge on any atom is -0.330 e. The molecule has 14 heavy (non-hydrogen) atoms. The van der Waals surface area contributed by atoms with Gasteiger partial charge in [0.1, 0.15) is 9.84 Å². The van der Waals surface area contributed by atoms with Crippen LogP contribution in [0.4, 0.5) is 0 Å². The highest BCUT2D eigenvalue weighted by Crippen LogP contribution is 2.31. The summed E-state index contributed by atoms with van der Waals surface area (Å²) >= 11 is 0. The molecule has 1 rings (SSSR count). The van der Waals surface area contributed by atoms with Crippen molar-refractivity contribution in [2.24, 2.45) is 17.6 Å². The zero-order valence-electron chi connectivity index (χ0n) is 8.91. The molecule has 0 bridgehead atoms. The summed E-state index contributed by atoms with van der Waals surface area (Å²) in [6.45, 7) is 2.22. The van der Waals surface area contributed by atoms with E-state index in [4.69, 9.17) is 5.73 Å². The number of rotatable bonds is 5. The minimum absolute atomic E-state index is 0.197. The van der Waals surface area contributed by atoms with E-state index in [0.717, 1.165) is 0 Å². The second-order valence-corrected chi connectivity index (χ2v) is 6.64. The van der Waals surface area contributed by atoms with Crippen LogP contribution in [0, 0.1) is 11.8 Å². The van der Waals surface area contributed by atoms with E-state index in [9.17, 15) is 8.42 Å². The Kier molecular flexibility index (Phi) is 4.38. The standard InChI is InChI=1S/C10H21NO2S/c1-2-14(12,13)8-10(7-11)9-5-3-4-6-9/h9-10H,2-8,11H2,1H3. The Hall–Kier alpha value is -0.0900. The van der Waals surface area contributed by atoms with E-state index in [2.05, 4.69) is 0 Å². The van der Waals surface area contributed by atoms with Crippen LogP contribution < -0.4 is 5.73 Å². The van der Waals surface area contributed by atoms with Crippen molar-refractivity contribution in [1.29, 1.82) is 0 Å². The lowest BCUT2D eigenvalue weighted by atomic mass is 9.93. The van der Waals surface area contributed by atoms with Gasteiger partial charge in [0.15, 0.2) is 0 Å². The SMILES string of the molecule is CCS(=O)(=O)CC(CN)C1CCCC1. The summed E-state index contributed by atoms with van der Waals surface area (Å²) < 4.78 is 22.9. The summed E-state index contributed by atoms with van der Waals surface area (Å²) in [6, 6.07) is 0. The number of hydrogen-bond acceptors (Lipinski definition) is 3. The Bertz CT molecular complexity index is 255. The third-order valence-electron chi connectivity index (χ3n) is 3.28. The highest BCUT2D eigenvalue weighted by molar-refractivity contribution is 7.91. The molecule has 1 aliphatic carbocycles. The van der Waals surface area contributed by atoms with Gasteiger partial charge in [-0.15, -0.1) is 0 Å².